The number of esters is 2. The maximum absolute atomic E-state index is 12.4. The third-order valence-corrected chi connectivity index (χ3v) is 4.57. The van der Waals surface area contributed by atoms with Crippen molar-refractivity contribution in [3.05, 3.63) is 58.2 Å². The van der Waals surface area contributed by atoms with Crippen molar-refractivity contribution in [1.82, 2.24) is 9.97 Å². The molecule has 0 spiro atoms. The second kappa shape index (κ2) is 9.32. The van der Waals surface area contributed by atoms with Crippen LogP contribution in [0.2, 0.25) is 0 Å². The van der Waals surface area contributed by atoms with E-state index in [9.17, 15) is 29.4 Å². The van der Waals surface area contributed by atoms with E-state index in [1.807, 2.05) is 0 Å². The molecule has 0 fully saturated rings. The molecule has 164 valence electrons. The molecule has 0 atom stereocenters. The number of pyridine rings is 2. The van der Waals surface area contributed by atoms with E-state index in [2.05, 4.69) is 14.7 Å². The summed E-state index contributed by atoms with van der Waals surface area (Å²) in [5.41, 5.74) is -3.83. The van der Waals surface area contributed by atoms with Crippen LogP contribution in [0.1, 0.15) is 53.1 Å². The first-order valence-electron chi connectivity index (χ1n) is 7.52. The lowest BCUT2D eigenvalue weighted by atomic mass is 10.1. The molecule has 9 nitrogen and oxygen atoms in total. The topological polar surface area (TPSA) is 144 Å². The van der Waals surface area contributed by atoms with Crippen LogP contribution in [0.3, 0.4) is 0 Å². The van der Waals surface area contributed by atoms with E-state index in [4.69, 9.17) is 69.6 Å². The average molecular weight is 551 g/mol. The molecule has 0 saturated carbocycles. The molecule has 2 heterocycles. The highest BCUT2D eigenvalue weighted by atomic mass is 35.6. The minimum Gasteiger partial charge on any atom is -0.478 e. The Hall–Kier alpha value is -1.88. The van der Waals surface area contributed by atoms with Crippen molar-refractivity contribution < 1.29 is 34.1 Å². The molecule has 0 bridgehead atoms. The minimum absolute atomic E-state index is 0.343. The number of alkyl halides is 6. The summed E-state index contributed by atoms with van der Waals surface area (Å²) < 4.78 is 0.287. The van der Waals surface area contributed by atoms with Crippen LogP contribution >= 0.6 is 69.6 Å². The third-order valence-electron chi connectivity index (χ3n) is 3.40. The molecule has 0 aromatic carbocycles. The van der Waals surface area contributed by atoms with Gasteiger partial charge in [-0.05, 0) is 24.3 Å². The molecule has 0 saturated heterocycles. The van der Waals surface area contributed by atoms with Gasteiger partial charge in [-0.3, -0.25) is 0 Å². The molecule has 0 aliphatic carbocycles. The largest absolute Gasteiger partial charge is 0.478 e. The third kappa shape index (κ3) is 6.09. The number of rotatable bonds is 4. The van der Waals surface area contributed by atoms with Gasteiger partial charge in [0.1, 0.15) is 0 Å². The zero-order valence-electron chi connectivity index (χ0n) is 14.4. The van der Waals surface area contributed by atoms with Crippen molar-refractivity contribution in [2.45, 2.75) is 7.59 Å². The van der Waals surface area contributed by atoms with Crippen molar-refractivity contribution >= 4 is 93.5 Å². The molecule has 2 N–H and O–H groups in total. The number of nitrogens with zero attached hydrogens (tertiary/aromatic N) is 2. The Morgan fingerprint density at radius 2 is 1.00 bits per heavy atom. The predicted octanol–water partition coefficient (Wildman–Crippen LogP) is 4.52. The number of ether oxygens (including phenoxy) is 1. The van der Waals surface area contributed by atoms with E-state index in [1.165, 1.54) is 0 Å². The number of hydrogen-bond donors (Lipinski definition) is 2. The van der Waals surface area contributed by atoms with E-state index in [-0.39, 0.29) is 11.4 Å². The molecule has 15 heteroatoms. The van der Waals surface area contributed by atoms with Crippen molar-refractivity contribution in [1.29, 1.82) is 0 Å². The van der Waals surface area contributed by atoms with Crippen LogP contribution in [-0.4, -0.2) is 44.1 Å². The Morgan fingerprint density at radius 3 is 1.26 bits per heavy atom. The van der Waals surface area contributed by atoms with Gasteiger partial charge in [0.2, 0.25) is 7.59 Å². The van der Waals surface area contributed by atoms with Gasteiger partial charge >= 0.3 is 23.9 Å². The second-order valence-electron chi connectivity index (χ2n) is 5.47. The molecule has 0 aliphatic heterocycles. The zero-order valence-corrected chi connectivity index (χ0v) is 18.9. The highest BCUT2D eigenvalue weighted by Crippen LogP contribution is 2.38. The van der Waals surface area contributed by atoms with Crippen molar-refractivity contribution in [2.75, 3.05) is 0 Å². The lowest BCUT2D eigenvalue weighted by Gasteiger charge is -2.14. The molecule has 0 unspecified atom stereocenters. The zero-order chi connectivity index (χ0) is 23.7. The fraction of sp³-hybridized carbons (Fsp3) is 0.125. The highest BCUT2D eigenvalue weighted by Gasteiger charge is 2.32. The number of aromatic nitrogens is 2. The van der Waals surface area contributed by atoms with Crippen LogP contribution < -0.4 is 0 Å². The Balaban J connectivity index is 2.51. The number of carbonyl (C=O) groups excluding carboxylic acids is 2. The fourth-order valence-corrected chi connectivity index (χ4v) is 2.70. The van der Waals surface area contributed by atoms with Gasteiger partial charge in [0.15, 0.2) is 11.4 Å². The first kappa shape index (κ1) is 25.4. The maximum atomic E-state index is 12.4. The Labute approximate surface area is 202 Å². The number of carbonyl (C=O) groups is 4. The summed E-state index contributed by atoms with van der Waals surface area (Å²) in [5.74, 6) is -6.39. The van der Waals surface area contributed by atoms with Crippen LogP contribution in [0.5, 0.6) is 0 Å². The smallest absolute Gasteiger partial charge is 0.365 e. The first-order valence-corrected chi connectivity index (χ1v) is 9.79. The van der Waals surface area contributed by atoms with Crippen molar-refractivity contribution in [3.63, 3.8) is 0 Å². The van der Waals surface area contributed by atoms with Crippen LogP contribution in [0, 0.1) is 0 Å². The molecule has 31 heavy (non-hydrogen) atoms. The van der Waals surface area contributed by atoms with Gasteiger partial charge in [-0.15, -0.1) is 0 Å². The summed E-state index contributed by atoms with van der Waals surface area (Å²) >= 11 is 34.0. The lowest BCUT2D eigenvalue weighted by Crippen LogP contribution is -2.23. The quantitative estimate of drug-likeness (QED) is 0.319. The van der Waals surface area contributed by atoms with E-state index < -0.39 is 54.0 Å². The molecule has 2 aromatic rings. The minimum atomic E-state index is -2.13. The monoisotopic (exact) mass is 548 g/mol. The Bertz CT molecular complexity index is 1010. The Morgan fingerprint density at radius 1 is 0.677 bits per heavy atom. The van der Waals surface area contributed by atoms with Gasteiger partial charge in [-0.1, -0.05) is 69.6 Å². The van der Waals surface area contributed by atoms with Crippen molar-refractivity contribution in [2.24, 2.45) is 0 Å². The van der Waals surface area contributed by atoms with Gasteiger partial charge in [-0.25, -0.2) is 29.1 Å². The van der Waals surface area contributed by atoms with Gasteiger partial charge in [0.05, 0.1) is 22.5 Å². The van der Waals surface area contributed by atoms with E-state index in [1.54, 1.807) is 0 Å². The molecular weight excluding hydrogens is 545 g/mol. The lowest BCUT2D eigenvalue weighted by molar-refractivity contribution is 0.0377. The summed E-state index contributed by atoms with van der Waals surface area (Å²) in [7, 11) is 0. The van der Waals surface area contributed by atoms with E-state index in [0.29, 0.717) is 0 Å². The van der Waals surface area contributed by atoms with Crippen LogP contribution in [0.15, 0.2) is 24.3 Å². The number of carboxylic acid groups (broad SMARTS) is 2. The summed E-state index contributed by atoms with van der Waals surface area (Å²) in [4.78, 5) is 54.9. The maximum Gasteiger partial charge on any atom is 0.365 e. The first-order chi connectivity index (χ1) is 14.1. The molecule has 0 aliphatic rings. The van der Waals surface area contributed by atoms with Gasteiger partial charge in [0, 0.05) is 0 Å². The molecule has 2 aromatic heterocycles. The summed E-state index contributed by atoms with van der Waals surface area (Å²) in [6, 6.07) is 3.86. The number of hydrogen-bond acceptors (Lipinski definition) is 7. The second-order valence-corrected chi connectivity index (χ2v) is 10.0. The van der Waals surface area contributed by atoms with Crippen LogP contribution in [-0.2, 0) is 12.3 Å². The van der Waals surface area contributed by atoms with Crippen LogP contribution in [0.4, 0.5) is 0 Å². The number of halogens is 6. The van der Waals surface area contributed by atoms with Crippen LogP contribution in [0.25, 0.3) is 0 Å². The molecule has 2 rings (SSSR count). The molecule has 0 radical (unpaired) electrons. The van der Waals surface area contributed by atoms with Gasteiger partial charge in [-0.2, -0.15) is 0 Å². The van der Waals surface area contributed by atoms with Gasteiger partial charge < -0.3 is 14.9 Å². The average Bonchev–Trinajstić information content (AvgIpc) is 2.65. The van der Waals surface area contributed by atoms with Gasteiger partial charge in [0.25, 0.3) is 0 Å². The van der Waals surface area contributed by atoms with Crippen molar-refractivity contribution in [3.8, 4) is 0 Å². The molecular formula is C16H6Cl6N2O7. The molecule has 0 amide bonds. The van der Waals surface area contributed by atoms with E-state index in [0.717, 1.165) is 24.3 Å². The number of aromatic carboxylic acids is 2. The summed E-state index contributed by atoms with van der Waals surface area (Å²) in [5, 5.41) is 18.5. The SMILES string of the molecule is O=C(O)c1ccc(C(Cl)(Cl)Cl)nc1C(=O)OC(=O)c1nc(C(Cl)(Cl)Cl)ccc1C(=O)O. The normalized spacial score (nSPS) is 11.7. The Kier molecular flexibility index (Phi) is 7.63. The predicted molar refractivity (Wildman–Crippen MR) is 111 cm³/mol. The fourth-order valence-electron chi connectivity index (χ4n) is 2.07. The number of carboxylic acids is 2. The standard InChI is InChI=1S/C16H6Cl6N2O7/c17-15(18,19)7-3-1-5(11(25)26)9(23-7)13(29)31-14(30)10-6(12(27)28)2-4-8(24-10)16(20,21)22/h1-4H,(H,25,26)(H,27,28). The summed E-state index contributed by atoms with van der Waals surface area (Å²) in [6.45, 7) is 0. The summed E-state index contributed by atoms with van der Waals surface area (Å²) in [6.07, 6.45) is 0. The van der Waals surface area contributed by atoms with E-state index >= 15 is 0 Å². The highest BCUT2D eigenvalue weighted by molar-refractivity contribution is 6.67.